The Labute approximate surface area is 149 Å². The summed E-state index contributed by atoms with van der Waals surface area (Å²) >= 11 is 0. The molecule has 0 aromatic heterocycles. The standard InChI is InChI=1S/C19H27N3O3/c1-3-5-17(23)21-16-8-6-15(7-9-16)19(25)22-12-10-14(11-13-22)18(24)20-4-2/h6-9,14H,3-5,10-13H2,1-2H3,(H,20,24)(H,21,23). The van der Waals surface area contributed by atoms with Crippen LogP contribution < -0.4 is 10.6 Å². The molecule has 0 bridgehead atoms. The van der Waals surface area contributed by atoms with E-state index in [1.165, 1.54) is 0 Å². The van der Waals surface area contributed by atoms with E-state index in [1.54, 1.807) is 29.2 Å². The molecule has 1 aliphatic rings. The van der Waals surface area contributed by atoms with Gasteiger partial charge in [0.1, 0.15) is 0 Å². The van der Waals surface area contributed by atoms with E-state index in [0.717, 1.165) is 6.42 Å². The van der Waals surface area contributed by atoms with Crippen LogP contribution in [0.25, 0.3) is 0 Å². The van der Waals surface area contributed by atoms with Gasteiger partial charge in [0, 0.05) is 43.2 Å². The van der Waals surface area contributed by atoms with Crippen molar-refractivity contribution in [3.63, 3.8) is 0 Å². The van der Waals surface area contributed by atoms with Crippen LogP contribution in [0, 0.1) is 5.92 Å². The summed E-state index contributed by atoms with van der Waals surface area (Å²) in [4.78, 5) is 37.8. The lowest BCUT2D eigenvalue weighted by atomic mass is 9.95. The van der Waals surface area contributed by atoms with Crippen molar-refractivity contribution in [3.8, 4) is 0 Å². The topological polar surface area (TPSA) is 78.5 Å². The SMILES string of the molecule is CCCC(=O)Nc1ccc(C(=O)N2CCC(C(=O)NCC)CC2)cc1. The minimum absolute atomic E-state index is 0.000143. The molecule has 136 valence electrons. The first kappa shape index (κ1) is 19.0. The molecule has 0 unspecified atom stereocenters. The number of carbonyl (C=O) groups excluding carboxylic acids is 3. The second kappa shape index (κ2) is 9.20. The molecular formula is C19H27N3O3. The molecule has 1 aliphatic heterocycles. The molecule has 6 nitrogen and oxygen atoms in total. The van der Waals surface area contributed by atoms with Crippen molar-refractivity contribution < 1.29 is 14.4 Å². The van der Waals surface area contributed by atoms with Crippen molar-refractivity contribution in [2.24, 2.45) is 5.92 Å². The summed E-state index contributed by atoms with van der Waals surface area (Å²) in [5, 5.41) is 5.66. The maximum absolute atomic E-state index is 12.6. The summed E-state index contributed by atoms with van der Waals surface area (Å²) < 4.78 is 0. The Balaban J connectivity index is 1.89. The molecule has 0 radical (unpaired) electrons. The fourth-order valence-corrected chi connectivity index (χ4v) is 2.99. The van der Waals surface area contributed by atoms with Gasteiger partial charge in [-0.25, -0.2) is 0 Å². The molecule has 2 rings (SSSR count). The number of benzene rings is 1. The number of anilines is 1. The predicted octanol–water partition coefficient (Wildman–Crippen LogP) is 2.41. The smallest absolute Gasteiger partial charge is 0.253 e. The van der Waals surface area contributed by atoms with E-state index in [4.69, 9.17) is 0 Å². The van der Waals surface area contributed by atoms with Crippen LogP contribution in [-0.2, 0) is 9.59 Å². The Kier molecular flexibility index (Phi) is 6.98. The molecule has 3 amide bonds. The number of rotatable bonds is 6. The Morgan fingerprint density at radius 2 is 1.72 bits per heavy atom. The van der Waals surface area contributed by atoms with Crippen LogP contribution in [0.4, 0.5) is 5.69 Å². The highest BCUT2D eigenvalue weighted by Gasteiger charge is 2.27. The monoisotopic (exact) mass is 345 g/mol. The van der Waals surface area contributed by atoms with Gasteiger partial charge in [-0.15, -0.1) is 0 Å². The highest BCUT2D eigenvalue weighted by atomic mass is 16.2. The minimum Gasteiger partial charge on any atom is -0.356 e. The zero-order chi connectivity index (χ0) is 18.2. The molecule has 25 heavy (non-hydrogen) atoms. The number of nitrogens with zero attached hydrogens (tertiary/aromatic N) is 1. The first-order valence-corrected chi connectivity index (χ1v) is 9.02. The predicted molar refractivity (Wildman–Crippen MR) is 97.3 cm³/mol. The summed E-state index contributed by atoms with van der Waals surface area (Å²) in [6.07, 6.45) is 2.68. The number of amides is 3. The van der Waals surface area contributed by atoms with E-state index in [1.807, 2.05) is 13.8 Å². The van der Waals surface area contributed by atoms with Crippen molar-refractivity contribution >= 4 is 23.4 Å². The molecule has 1 aromatic carbocycles. The molecule has 0 aliphatic carbocycles. The Morgan fingerprint density at radius 1 is 1.08 bits per heavy atom. The highest BCUT2D eigenvalue weighted by molar-refractivity contribution is 5.96. The first-order chi connectivity index (χ1) is 12.0. The van der Waals surface area contributed by atoms with Crippen LogP contribution in [-0.4, -0.2) is 42.3 Å². The van der Waals surface area contributed by atoms with Gasteiger partial charge in [-0.3, -0.25) is 14.4 Å². The lowest BCUT2D eigenvalue weighted by Gasteiger charge is -2.31. The molecule has 0 atom stereocenters. The minimum atomic E-state index is -0.0271. The Hall–Kier alpha value is -2.37. The maximum atomic E-state index is 12.6. The van der Waals surface area contributed by atoms with Gasteiger partial charge in [-0.05, 0) is 50.5 Å². The van der Waals surface area contributed by atoms with E-state index in [9.17, 15) is 14.4 Å². The third kappa shape index (κ3) is 5.31. The number of carbonyl (C=O) groups is 3. The average molecular weight is 345 g/mol. The molecule has 0 saturated carbocycles. The van der Waals surface area contributed by atoms with Gasteiger partial charge in [-0.1, -0.05) is 6.92 Å². The fourth-order valence-electron chi connectivity index (χ4n) is 2.99. The van der Waals surface area contributed by atoms with Crippen LogP contribution in [0.15, 0.2) is 24.3 Å². The fraction of sp³-hybridized carbons (Fsp3) is 0.526. The summed E-state index contributed by atoms with van der Waals surface area (Å²) in [5.74, 6) is 0.0386. The molecule has 1 heterocycles. The third-order valence-corrected chi connectivity index (χ3v) is 4.40. The van der Waals surface area contributed by atoms with Gasteiger partial charge in [0.15, 0.2) is 0 Å². The number of likely N-dealkylation sites (tertiary alicyclic amines) is 1. The highest BCUT2D eigenvalue weighted by Crippen LogP contribution is 2.20. The second-order valence-electron chi connectivity index (χ2n) is 6.34. The van der Waals surface area contributed by atoms with E-state index >= 15 is 0 Å². The normalized spacial score (nSPS) is 14.9. The molecule has 1 saturated heterocycles. The second-order valence-corrected chi connectivity index (χ2v) is 6.34. The lowest BCUT2D eigenvalue weighted by molar-refractivity contribution is -0.126. The van der Waals surface area contributed by atoms with Crippen molar-refractivity contribution in [2.75, 3.05) is 25.0 Å². The van der Waals surface area contributed by atoms with Crippen molar-refractivity contribution in [1.82, 2.24) is 10.2 Å². The third-order valence-electron chi connectivity index (χ3n) is 4.40. The van der Waals surface area contributed by atoms with Crippen molar-refractivity contribution in [1.29, 1.82) is 0 Å². The number of hydrogen-bond acceptors (Lipinski definition) is 3. The van der Waals surface area contributed by atoms with Gasteiger partial charge >= 0.3 is 0 Å². The Bertz CT molecular complexity index is 605. The van der Waals surface area contributed by atoms with Gasteiger partial charge in [0.25, 0.3) is 5.91 Å². The lowest BCUT2D eigenvalue weighted by Crippen LogP contribution is -2.43. The summed E-state index contributed by atoms with van der Waals surface area (Å²) in [6, 6.07) is 6.98. The average Bonchev–Trinajstić information content (AvgIpc) is 2.62. The van der Waals surface area contributed by atoms with Gasteiger partial charge in [-0.2, -0.15) is 0 Å². The van der Waals surface area contributed by atoms with Crippen molar-refractivity contribution in [2.45, 2.75) is 39.5 Å². The summed E-state index contributed by atoms with van der Waals surface area (Å²) in [5.41, 5.74) is 1.30. The zero-order valence-electron chi connectivity index (χ0n) is 15.0. The van der Waals surface area contributed by atoms with Crippen LogP contribution in [0.5, 0.6) is 0 Å². The number of hydrogen-bond donors (Lipinski definition) is 2. The van der Waals surface area contributed by atoms with Gasteiger partial charge < -0.3 is 15.5 Å². The quantitative estimate of drug-likeness (QED) is 0.831. The van der Waals surface area contributed by atoms with E-state index in [2.05, 4.69) is 10.6 Å². The molecule has 2 N–H and O–H groups in total. The van der Waals surface area contributed by atoms with Crippen LogP contribution in [0.1, 0.15) is 49.9 Å². The van der Waals surface area contributed by atoms with Crippen LogP contribution in [0.2, 0.25) is 0 Å². The molecular weight excluding hydrogens is 318 g/mol. The van der Waals surface area contributed by atoms with E-state index < -0.39 is 0 Å². The zero-order valence-corrected chi connectivity index (χ0v) is 15.0. The summed E-state index contributed by atoms with van der Waals surface area (Å²) in [7, 11) is 0. The van der Waals surface area contributed by atoms with Crippen LogP contribution >= 0.6 is 0 Å². The van der Waals surface area contributed by atoms with Crippen molar-refractivity contribution in [3.05, 3.63) is 29.8 Å². The first-order valence-electron chi connectivity index (χ1n) is 9.02. The molecule has 1 aromatic rings. The number of nitrogens with one attached hydrogen (secondary N) is 2. The maximum Gasteiger partial charge on any atom is 0.253 e. The number of piperidine rings is 1. The van der Waals surface area contributed by atoms with Gasteiger partial charge in [0.05, 0.1) is 0 Å². The largest absolute Gasteiger partial charge is 0.356 e. The van der Waals surface area contributed by atoms with E-state index in [0.29, 0.717) is 50.1 Å². The van der Waals surface area contributed by atoms with E-state index in [-0.39, 0.29) is 23.6 Å². The molecule has 6 heteroatoms. The Morgan fingerprint density at radius 3 is 2.28 bits per heavy atom. The molecule has 0 spiro atoms. The van der Waals surface area contributed by atoms with Gasteiger partial charge in [0.2, 0.25) is 11.8 Å². The molecule has 1 fully saturated rings. The van der Waals surface area contributed by atoms with Crippen LogP contribution in [0.3, 0.4) is 0 Å². The summed E-state index contributed by atoms with van der Waals surface area (Å²) in [6.45, 7) is 5.69.